The minimum Gasteiger partial charge on any atom is -0.352 e. The van der Waals surface area contributed by atoms with Gasteiger partial charge in [0.2, 0.25) is 5.91 Å². The van der Waals surface area contributed by atoms with Crippen LogP contribution in [0.15, 0.2) is 35.9 Å². The second-order valence-corrected chi connectivity index (χ2v) is 6.25. The summed E-state index contributed by atoms with van der Waals surface area (Å²) in [6.45, 7) is 6.66. The molecule has 0 saturated heterocycles. The Bertz CT molecular complexity index is 525. The van der Waals surface area contributed by atoms with Gasteiger partial charge in [-0.05, 0) is 36.6 Å². The van der Waals surface area contributed by atoms with Crippen LogP contribution in [0.25, 0.3) is 0 Å². The second-order valence-electron chi connectivity index (χ2n) is 5.81. The highest BCUT2D eigenvalue weighted by molar-refractivity contribution is 6.30. The van der Waals surface area contributed by atoms with Crippen LogP contribution in [0.5, 0.6) is 0 Å². The van der Waals surface area contributed by atoms with Crippen LogP contribution in [0.2, 0.25) is 5.02 Å². The predicted octanol–water partition coefficient (Wildman–Crippen LogP) is 3.12. The van der Waals surface area contributed by atoms with E-state index in [1.165, 1.54) is 5.57 Å². The number of nitrogens with one attached hydrogen (secondary N) is 2. The lowest BCUT2D eigenvalue weighted by atomic mass is 9.87. The molecule has 4 heteroatoms. The van der Waals surface area contributed by atoms with E-state index in [1.807, 2.05) is 24.3 Å². The first kappa shape index (κ1) is 16.1. The van der Waals surface area contributed by atoms with Crippen molar-refractivity contribution < 1.29 is 4.79 Å². The highest BCUT2D eigenvalue weighted by Crippen LogP contribution is 2.26. The van der Waals surface area contributed by atoms with Crippen LogP contribution < -0.4 is 10.6 Å². The minimum absolute atomic E-state index is 0.0756. The van der Waals surface area contributed by atoms with Crippen LogP contribution >= 0.6 is 11.6 Å². The maximum absolute atomic E-state index is 12.5. The summed E-state index contributed by atoms with van der Waals surface area (Å²) in [6.07, 6.45) is 3.16. The number of carbonyl (C=O) groups is 1. The van der Waals surface area contributed by atoms with E-state index in [9.17, 15) is 4.79 Å². The predicted molar refractivity (Wildman–Crippen MR) is 87.6 cm³/mol. The van der Waals surface area contributed by atoms with Crippen molar-refractivity contribution >= 4 is 17.5 Å². The van der Waals surface area contributed by atoms with Crippen molar-refractivity contribution in [1.29, 1.82) is 0 Å². The molecule has 1 amide bonds. The van der Waals surface area contributed by atoms with Crippen LogP contribution in [-0.2, 0) is 4.79 Å². The molecule has 1 heterocycles. The van der Waals surface area contributed by atoms with E-state index in [0.717, 1.165) is 25.1 Å². The van der Waals surface area contributed by atoms with E-state index in [0.29, 0.717) is 11.6 Å². The SMILES string of the molecule is CC(C)C(C(=O)NCC1=CCNCC1)c1cccc(Cl)c1. The van der Waals surface area contributed by atoms with E-state index < -0.39 is 0 Å². The number of hydrogen-bond acceptors (Lipinski definition) is 2. The van der Waals surface area contributed by atoms with Crippen molar-refractivity contribution in [2.75, 3.05) is 19.6 Å². The lowest BCUT2D eigenvalue weighted by Crippen LogP contribution is -2.34. The number of rotatable bonds is 5. The van der Waals surface area contributed by atoms with E-state index in [2.05, 4.69) is 30.6 Å². The summed E-state index contributed by atoms with van der Waals surface area (Å²) in [5.74, 6) is 0.142. The highest BCUT2D eigenvalue weighted by atomic mass is 35.5. The Balaban J connectivity index is 2.04. The van der Waals surface area contributed by atoms with Gasteiger partial charge in [0.05, 0.1) is 5.92 Å². The molecule has 1 aliphatic rings. The average Bonchev–Trinajstić information content (AvgIpc) is 2.46. The largest absolute Gasteiger partial charge is 0.352 e. The third-order valence-electron chi connectivity index (χ3n) is 3.80. The number of halogens is 1. The summed E-state index contributed by atoms with van der Waals surface area (Å²) in [4.78, 5) is 12.5. The molecule has 1 aromatic carbocycles. The Morgan fingerprint density at radius 3 is 2.86 bits per heavy atom. The van der Waals surface area contributed by atoms with Crippen molar-refractivity contribution in [2.24, 2.45) is 5.92 Å². The van der Waals surface area contributed by atoms with E-state index in [-0.39, 0.29) is 17.7 Å². The molecule has 2 rings (SSSR count). The van der Waals surface area contributed by atoms with Crippen LogP contribution in [-0.4, -0.2) is 25.5 Å². The summed E-state index contributed by atoms with van der Waals surface area (Å²) >= 11 is 6.05. The van der Waals surface area contributed by atoms with Crippen LogP contribution in [0.4, 0.5) is 0 Å². The molecule has 0 aromatic heterocycles. The zero-order chi connectivity index (χ0) is 15.2. The van der Waals surface area contributed by atoms with Gasteiger partial charge in [0.1, 0.15) is 0 Å². The molecular weight excluding hydrogens is 284 g/mol. The fourth-order valence-electron chi connectivity index (χ4n) is 2.68. The van der Waals surface area contributed by atoms with Crippen LogP contribution in [0, 0.1) is 5.92 Å². The Morgan fingerprint density at radius 2 is 2.24 bits per heavy atom. The molecule has 1 aromatic rings. The van der Waals surface area contributed by atoms with Gasteiger partial charge < -0.3 is 10.6 Å². The Kier molecular flexibility index (Phi) is 5.83. The molecule has 0 spiro atoms. The first-order valence-electron chi connectivity index (χ1n) is 7.49. The van der Waals surface area contributed by atoms with Gasteiger partial charge in [-0.15, -0.1) is 0 Å². The standard InChI is InChI=1S/C17H23ClN2O/c1-12(2)16(14-4-3-5-15(18)10-14)17(21)20-11-13-6-8-19-9-7-13/h3-6,10,12,16,19H,7-9,11H2,1-2H3,(H,20,21). The number of hydrogen-bond donors (Lipinski definition) is 2. The maximum Gasteiger partial charge on any atom is 0.228 e. The zero-order valence-corrected chi connectivity index (χ0v) is 13.4. The quantitative estimate of drug-likeness (QED) is 0.821. The number of amides is 1. The lowest BCUT2D eigenvalue weighted by Gasteiger charge is -2.22. The van der Waals surface area contributed by atoms with Gasteiger partial charge >= 0.3 is 0 Å². The van der Waals surface area contributed by atoms with Crippen molar-refractivity contribution in [2.45, 2.75) is 26.2 Å². The first-order valence-corrected chi connectivity index (χ1v) is 7.87. The van der Waals surface area contributed by atoms with Crippen LogP contribution in [0.3, 0.4) is 0 Å². The second kappa shape index (κ2) is 7.62. The van der Waals surface area contributed by atoms with Crippen molar-refractivity contribution in [3.8, 4) is 0 Å². The summed E-state index contributed by atoms with van der Waals surface area (Å²) in [5.41, 5.74) is 2.28. The molecule has 114 valence electrons. The molecule has 1 unspecified atom stereocenters. The minimum atomic E-state index is -0.161. The third-order valence-corrected chi connectivity index (χ3v) is 4.04. The Hall–Kier alpha value is -1.32. The summed E-state index contributed by atoms with van der Waals surface area (Å²) in [7, 11) is 0. The van der Waals surface area contributed by atoms with Gasteiger partial charge in [0, 0.05) is 18.1 Å². The summed E-state index contributed by atoms with van der Waals surface area (Å²) in [5, 5.41) is 7.02. The highest BCUT2D eigenvalue weighted by Gasteiger charge is 2.24. The van der Waals surface area contributed by atoms with Crippen molar-refractivity contribution in [3.63, 3.8) is 0 Å². The Morgan fingerprint density at radius 1 is 1.43 bits per heavy atom. The smallest absolute Gasteiger partial charge is 0.228 e. The molecule has 0 bridgehead atoms. The molecule has 1 atom stereocenters. The molecule has 21 heavy (non-hydrogen) atoms. The summed E-state index contributed by atoms with van der Waals surface area (Å²) < 4.78 is 0. The molecule has 0 fully saturated rings. The first-order chi connectivity index (χ1) is 10.1. The fourth-order valence-corrected chi connectivity index (χ4v) is 2.88. The van der Waals surface area contributed by atoms with E-state index >= 15 is 0 Å². The van der Waals surface area contributed by atoms with Gasteiger partial charge in [-0.25, -0.2) is 0 Å². The average molecular weight is 307 g/mol. The van der Waals surface area contributed by atoms with Gasteiger partial charge in [0.15, 0.2) is 0 Å². The van der Waals surface area contributed by atoms with Crippen LogP contribution in [0.1, 0.15) is 31.7 Å². The number of carbonyl (C=O) groups excluding carboxylic acids is 1. The molecular formula is C17H23ClN2O. The van der Waals surface area contributed by atoms with E-state index in [4.69, 9.17) is 11.6 Å². The molecule has 3 nitrogen and oxygen atoms in total. The third kappa shape index (κ3) is 4.58. The lowest BCUT2D eigenvalue weighted by molar-refractivity contribution is -0.123. The maximum atomic E-state index is 12.5. The molecule has 2 N–H and O–H groups in total. The normalized spacial score (nSPS) is 16.5. The van der Waals surface area contributed by atoms with Gasteiger partial charge in [-0.1, -0.05) is 49.2 Å². The van der Waals surface area contributed by atoms with Crippen molar-refractivity contribution in [3.05, 3.63) is 46.5 Å². The Labute approximate surface area is 131 Å². The van der Waals surface area contributed by atoms with Gasteiger partial charge in [-0.3, -0.25) is 4.79 Å². The fraction of sp³-hybridized carbons (Fsp3) is 0.471. The summed E-state index contributed by atoms with van der Waals surface area (Å²) in [6, 6.07) is 7.59. The van der Waals surface area contributed by atoms with Crippen molar-refractivity contribution in [1.82, 2.24) is 10.6 Å². The molecule has 1 aliphatic heterocycles. The molecule has 0 saturated carbocycles. The van der Waals surface area contributed by atoms with Gasteiger partial charge in [-0.2, -0.15) is 0 Å². The zero-order valence-electron chi connectivity index (χ0n) is 12.7. The monoisotopic (exact) mass is 306 g/mol. The molecule has 0 radical (unpaired) electrons. The van der Waals surface area contributed by atoms with Gasteiger partial charge in [0.25, 0.3) is 0 Å². The number of benzene rings is 1. The topological polar surface area (TPSA) is 41.1 Å². The molecule has 0 aliphatic carbocycles. The van der Waals surface area contributed by atoms with E-state index in [1.54, 1.807) is 0 Å².